The number of methoxy groups -OCH3 is 1. The Kier molecular flexibility index (Phi) is 4.76. The number of para-hydroxylation sites is 1. The van der Waals surface area contributed by atoms with E-state index in [-0.39, 0.29) is 5.91 Å². The minimum absolute atomic E-state index is 0.299. The minimum Gasteiger partial charge on any atom is -0.383 e. The molecule has 1 heterocycles. The zero-order valence-electron chi connectivity index (χ0n) is 13.6. The molecule has 0 radical (unpaired) electrons. The number of carbonyl (C=O) groups is 1. The van der Waals surface area contributed by atoms with Gasteiger partial charge >= 0.3 is 5.69 Å². The fourth-order valence-electron chi connectivity index (χ4n) is 2.54. The van der Waals surface area contributed by atoms with Gasteiger partial charge in [-0.25, -0.2) is 9.36 Å². The van der Waals surface area contributed by atoms with Gasteiger partial charge in [0, 0.05) is 19.2 Å². The number of hydrogen-bond acceptors (Lipinski definition) is 4. The molecule has 7 nitrogen and oxygen atoms in total. The second-order valence-corrected chi connectivity index (χ2v) is 5.42. The largest absolute Gasteiger partial charge is 0.383 e. The maximum absolute atomic E-state index is 12.7. The van der Waals surface area contributed by atoms with Crippen LogP contribution in [-0.2, 0) is 4.74 Å². The molecular weight excluding hydrogens is 322 g/mol. The van der Waals surface area contributed by atoms with Gasteiger partial charge in [-0.1, -0.05) is 18.2 Å². The van der Waals surface area contributed by atoms with Crippen molar-refractivity contribution in [2.45, 2.75) is 0 Å². The molecule has 3 rings (SSSR count). The molecule has 0 atom stereocenters. The lowest BCUT2D eigenvalue weighted by molar-refractivity contribution is 0.0937. The summed E-state index contributed by atoms with van der Waals surface area (Å²) in [4.78, 5) is 39.7. The van der Waals surface area contributed by atoms with Crippen LogP contribution >= 0.6 is 0 Å². The Morgan fingerprint density at radius 2 is 1.92 bits per heavy atom. The molecule has 0 aliphatic carbocycles. The molecule has 0 bridgehead atoms. The Balaban J connectivity index is 2.04. The van der Waals surface area contributed by atoms with Crippen LogP contribution in [0, 0.1) is 0 Å². The quantitative estimate of drug-likeness (QED) is 0.680. The standard InChI is InChI=1S/C18H17N3O4/c1-25-10-9-19-16(22)12-7-8-14-15(11-12)20-18(24)21(17(14)23)13-5-3-2-4-6-13/h2-8,11H,9-10H2,1H3,(H,19,22)(H,20,24). The van der Waals surface area contributed by atoms with E-state index in [1.54, 1.807) is 43.5 Å². The highest BCUT2D eigenvalue weighted by atomic mass is 16.5. The summed E-state index contributed by atoms with van der Waals surface area (Å²) >= 11 is 0. The summed E-state index contributed by atoms with van der Waals surface area (Å²) in [5.41, 5.74) is 0.173. The summed E-state index contributed by atoms with van der Waals surface area (Å²) < 4.78 is 5.95. The Bertz CT molecular complexity index is 1020. The van der Waals surface area contributed by atoms with Crippen LogP contribution in [0.5, 0.6) is 0 Å². The number of amides is 1. The molecule has 3 aromatic rings. The van der Waals surface area contributed by atoms with Crippen molar-refractivity contribution in [1.29, 1.82) is 0 Å². The van der Waals surface area contributed by atoms with E-state index in [4.69, 9.17) is 4.74 Å². The van der Waals surface area contributed by atoms with Crippen molar-refractivity contribution in [3.63, 3.8) is 0 Å². The molecule has 0 fully saturated rings. The second kappa shape index (κ2) is 7.14. The van der Waals surface area contributed by atoms with E-state index in [0.717, 1.165) is 4.57 Å². The molecule has 0 saturated carbocycles. The Labute approximate surface area is 142 Å². The third-order valence-corrected chi connectivity index (χ3v) is 3.77. The number of aromatic amines is 1. The van der Waals surface area contributed by atoms with Crippen LogP contribution in [0.25, 0.3) is 16.6 Å². The molecule has 25 heavy (non-hydrogen) atoms. The maximum Gasteiger partial charge on any atom is 0.333 e. The smallest absolute Gasteiger partial charge is 0.333 e. The average Bonchev–Trinajstić information content (AvgIpc) is 2.62. The molecule has 2 aromatic carbocycles. The number of hydrogen-bond donors (Lipinski definition) is 2. The van der Waals surface area contributed by atoms with Crippen LogP contribution in [0.15, 0.2) is 58.1 Å². The highest BCUT2D eigenvalue weighted by Gasteiger charge is 2.12. The molecule has 0 spiro atoms. The number of nitrogens with zero attached hydrogens (tertiary/aromatic N) is 1. The second-order valence-electron chi connectivity index (χ2n) is 5.42. The highest BCUT2D eigenvalue weighted by molar-refractivity contribution is 5.97. The van der Waals surface area contributed by atoms with Crippen LogP contribution in [0.3, 0.4) is 0 Å². The molecule has 0 unspecified atom stereocenters. The SMILES string of the molecule is COCCNC(=O)c1ccc2c(=O)n(-c3ccccc3)c(=O)[nH]c2c1. The predicted molar refractivity (Wildman–Crippen MR) is 94.4 cm³/mol. The van der Waals surface area contributed by atoms with E-state index in [1.807, 2.05) is 0 Å². The number of H-pyrrole nitrogens is 1. The predicted octanol–water partition coefficient (Wildman–Crippen LogP) is 1.06. The first-order valence-electron chi connectivity index (χ1n) is 7.73. The van der Waals surface area contributed by atoms with Crippen molar-refractivity contribution in [3.8, 4) is 5.69 Å². The summed E-state index contributed by atoms with van der Waals surface area (Å²) in [5.74, 6) is -0.299. The number of rotatable bonds is 5. The monoisotopic (exact) mass is 339 g/mol. The number of benzene rings is 2. The normalized spacial score (nSPS) is 10.8. The summed E-state index contributed by atoms with van der Waals surface area (Å²) in [6, 6.07) is 13.3. The zero-order valence-corrected chi connectivity index (χ0v) is 13.6. The van der Waals surface area contributed by atoms with E-state index in [1.165, 1.54) is 12.1 Å². The van der Waals surface area contributed by atoms with E-state index >= 15 is 0 Å². The molecule has 2 N–H and O–H groups in total. The van der Waals surface area contributed by atoms with Gasteiger partial charge in [0.05, 0.1) is 23.2 Å². The first kappa shape index (κ1) is 16.7. The van der Waals surface area contributed by atoms with Crippen LogP contribution in [-0.4, -0.2) is 35.7 Å². The molecule has 0 aliphatic heterocycles. The highest BCUT2D eigenvalue weighted by Crippen LogP contribution is 2.10. The lowest BCUT2D eigenvalue weighted by Gasteiger charge is -2.08. The molecule has 1 aromatic heterocycles. The fraction of sp³-hybridized carbons (Fsp3) is 0.167. The summed E-state index contributed by atoms with van der Waals surface area (Å²) in [7, 11) is 1.55. The van der Waals surface area contributed by atoms with Gasteiger partial charge in [-0.15, -0.1) is 0 Å². The van der Waals surface area contributed by atoms with Crippen LogP contribution in [0.4, 0.5) is 0 Å². The van der Waals surface area contributed by atoms with Crippen molar-refractivity contribution in [2.24, 2.45) is 0 Å². The van der Waals surface area contributed by atoms with Crippen LogP contribution < -0.4 is 16.6 Å². The van der Waals surface area contributed by atoms with Crippen LogP contribution in [0.2, 0.25) is 0 Å². The maximum atomic E-state index is 12.7. The molecule has 0 aliphatic rings. The lowest BCUT2D eigenvalue weighted by atomic mass is 10.1. The fourth-order valence-corrected chi connectivity index (χ4v) is 2.54. The van der Waals surface area contributed by atoms with E-state index < -0.39 is 11.2 Å². The number of carbonyl (C=O) groups excluding carboxylic acids is 1. The van der Waals surface area contributed by atoms with Gasteiger partial charge in [-0.3, -0.25) is 9.59 Å². The molecule has 7 heteroatoms. The van der Waals surface area contributed by atoms with Crippen molar-refractivity contribution < 1.29 is 9.53 Å². The first-order valence-corrected chi connectivity index (χ1v) is 7.73. The Morgan fingerprint density at radius 3 is 2.64 bits per heavy atom. The lowest BCUT2D eigenvalue weighted by Crippen LogP contribution is -2.33. The number of ether oxygens (including phenoxy) is 1. The minimum atomic E-state index is -0.555. The van der Waals surface area contributed by atoms with E-state index in [2.05, 4.69) is 10.3 Å². The van der Waals surface area contributed by atoms with Crippen molar-refractivity contribution >= 4 is 16.8 Å². The van der Waals surface area contributed by atoms with Gasteiger partial charge < -0.3 is 15.0 Å². The van der Waals surface area contributed by atoms with Gasteiger partial charge in [0.2, 0.25) is 0 Å². The van der Waals surface area contributed by atoms with Crippen molar-refractivity contribution in [3.05, 3.63) is 74.9 Å². The molecule has 0 saturated heterocycles. The third kappa shape index (κ3) is 3.36. The summed E-state index contributed by atoms with van der Waals surface area (Å²) in [6.45, 7) is 0.775. The van der Waals surface area contributed by atoms with Gasteiger partial charge in [0.15, 0.2) is 0 Å². The van der Waals surface area contributed by atoms with E-state index in [9.17, 15) is 14.4 Å². The topological polar surface area (TPSA) is 93.2 Å². The zero-order chi connectivity index (χ0) is 17.8. The van der Waals surface area contributed by atoms with Crippen molar-refractivity contribution in [2.75, 3.05) is 20.3 Å². The van der Waals surface area contributed by atoms with Crippen LogP contribution in [0.1, 0.15) is 10.4 Å². The Hall–Kier alpha value is -3.19. The molecule has 128 valence electrons. The number of nitrogens with one attached hydrogen (secondary N) is 2. The third-order valence-electron chi connectivity index (χ3n) is 3.77. The average molecular weight is 339 g/mol. The molecule has 1 amide bonds. The van der Waals surface area contributed by atoms with Gasteiger partial charge in [0.1, 0.15) is 0 Å². The number of aromatic nitrogens is 2. The van der Waals surface area contributed by atoms with E-state index in [0.29, 0.717) is 35.3 Å². The van der Waals surface area contributed by atoms with Gasteiger partial charge in [0.25, 0.3) is 11.5 Å². The summed E-state index contributed by atoms with van der Waals surface area (Å²) in [5, 5.41) is 3.02. The van der Waals surface area contributed by atoms with Crippen molar-refractivity contribution in [1.82, 2.24) is 14.9 Å². The first-order chi connectivity index (χ1) is 12.1. The van der Waals surface area contributed by atoms with Gasteiger partial charge in [-0.2, -0.15) is 0 Å². The Morgan fingerprint density at radius 1 is 1.16 bits per heavy atom. The molecular formula is C18H17N3O4. The van der Waals surface area contributed by atoms with Gasteiger partial charge in [-0.05, 0) is 30.3 Å². The summed E-state index contributed by atoms with van der Waals surface area (Å²) in [6.07, 6.45) is 0. The number of fused-ring (bicyclic) bond motifs is 1.